The van der Waals surface area contributed by atoms with Gasteiger partial charge < -0.3 is 25.0 Å². The summed E-state index contributed by atoms with van der Waals surface area (Å²) in [6.07, 6.45) is 6.11. The van der Waals surface area contributed by atoms with Crippen LogP contribution in [-0.4, -0.2) is 76.6 Å². The van der Waals surface area contributed by atoms with Crippen LogP contribution in [0.3, 0.4) is 0 Å². The van der Waals surface area contributed by atoms with Gasteiger partial charge >= 0.3 is 0 Å². The molecular weight excluding hydrogens is 455 g/mol. The van der Waals surface area contributed by atoms with E-state index in [0.717, 1.165) is 57.5 Å². The van der Waals surface area contributed by atoms with Crippen molar-refractivity contribution in [1.29, 1.82) is 0 Å². The van der Waals surface area contributed by atoms with Crippen LogP contribution in [0.2, 0.25) is 0 Å². The van der Waals surface area contributed by atoms with Crippen molar-refractivity contribution in [3.8, 4) is 0 Å². The van der Waals surface area contributed by atoms with Crippen LogP contribution in [0, 0.1) is 5.92 Å². The van der Waals surface area contributed by atoms with Crippen LogP contribution in [0.15, 0.2) is 4.99 Å². The molecule has 0 amide bonds. The van der Waals surface area contributed by atoms with E-state index in [1.165, 1.54) is 32.4 Å². The Bertz CT molecular complexity index is 351. The van der Waals surface area contributed by atoms with Crippen molar-refractivity contribution in [3.05, 3.63) is 0 Å². The molecule has 0 saturated carbocycles. The lowest BCUT2D eigenvalue weighted by Crippen LogP contribution is -2.39. The number of rotatable bonds is 14. The zero-order chi connectivity index (χ0) is 18.9. The van der Waals surface area contributed by atoms with Crippen LogP contribution >= 0.6 is 24.0 Å². The number of piperidine rings is 1. The average Bonchev–Trinajstić information content (AvgIpc) is 2.65. The van der Waals surface area contributed by atoms with Crippen molar-refractivity contribution in [2.24, 2.45) is 10.9 Å². The van der Waals surface area contributed by atoms with Crippen LogP contribution < -0.4 is 10.6 Å². The molecule has 1 aliphatic heterocycles. The van der Waals surface area contributed by atoms with E-state index < -0.39 is 0 Å². The maximum Gasteiger partial charge on any atom is 0.191 e. The third-order valence-electron chi connectivity index (χ3n) is 4.68. The lowest BCUT2D eigenvalue weighted by molar-refractivity contribution is 0.0487. The molecule has 0 aromatic rings. The average molecular weight is 498 g/mol. The zero-order valence-electron chi connectivity index (χ0n) is 17.8. The predicted molar refractivity (Wildman–Crippen MR) is 125 cm³/mol. The molecule has 0 atom stereocenters. The second kappa shape index (κ2) is 19.2. The Hall–Kier alpha value is -0.120. The Morgan fingerprint density at radius 2 is 1.70 bits per heavy atom. The third-order valence-corrected chi connectivity index (χ3v) is 4.68. The standard InChI is InChI=1S/C20H42N4O2.HI/c1-4-6-15-25-17-18-26-16-11-23-20(21-5-2)22-10-7-12-24-13-8-19(3)9-14-24;/h19H,4-18H2,1-3H3,(H2,21,22,23);1H. The lowest BCUT2D eigenvalue weighted by Gasteiger charge is -2.29. The molecule has 0 radical (unpaired) electrons. The molecule has 1 aliphatic rings. The van der Waals surface area contributed by atoms with Crippen LogP contribution in [-0.2, 0) is 9.47 Å². The fourth-order valence-electron chi connectivity index (χ4n) is 2.92. The van der Waals surface area contributed by atoms with Gasteiger partial charge in [-0.25, -0.2) is 0 Å². The van der Waals surface area contributed by atoms with Crippen molar-refractivity contribution < 1.29 is 9.47 Å². The van der Waals surface area contributed by atoms with E-state index in [4.69, 9.17) is 9.47 Å². The number of ether oxygens (including phenoxy) is 2. The minimum atomic E-state index is 0. The minimum Gasteiger partial charge on any atom is -0.379 e. The van der Waals surface area contributed by atoms with Gasteiger partial charge in [-0.1, -0.05) is 20.3 Å². The van der Waals surface area contributed by atoms with E-state index >= 15 is 0 Å². The van der Waals surface area contributed by atoms with Gasteiger partial charge in [0.2, 0.25) is 0 Å². The summed E-state index contributed by atoms with van der Waals surface area (Å²) in [5.74, 6) is 1.79. The van der Waals surface area contributed by atoms with E-state index in [-0.39, 0.29) is 24.0 Å². The summed E-state index contributed by atoms with van der Waals surface area (Å²) in [4.78, 5) is 7.24. The summed E-state index contributed by atoms with van der Waals surface area (Å²) in [6, 6.07) is 0. The molecule has 162 valence electrons. The van der Waals surface area contributed by atoms with Gasteiger partial charge in [0.1, 0.15) is 0 Å². The molecule has 7 heteroatoms. The highest BCUT2D eigenvalue weighted by Crippen LogP contribution is 2.15. The Labute approximate surface area is 184 Å². The van der Waals surface area contributed by atoms with Gasteiger partial charge in [-0.05, 0) is 58.2 Å². The van der Waals surface area contributed by atoms with Crippen LogP contribution in [0.25, 0.3) is 0 Å². The second-order valence-electron chi connectivity index (χ2n) is 7.14. The number of likely N-dealkylation sites (tertiary alicyclic amines) is 1. The Kier molecular flexibility index (Phi) is 19.1. The summed E-state index contributed by atoms with van der Waals surface area (Å²) in [5.41, 5.74) is 0. The number of nitrogens with zero attached hydrogens (tertiary/aromatic N) is 2. The SMILES string of the molecule is CCCCOCCOCCNC(=NCCCN1CCC(C)CC1)NCC.I. The number of hydrogen-bond acceptors (Lipinski definition) is 4. The molecule has 1 rings (SSSR count). The molecule has 0 aromatic heterocycles. The second-order valence-corrected chi connectivity index (χ2v) is 7.14. The molecule has 27 heavy (non-hydrogen) atoms. The first-order chi connectivity index (χ1) is 12.8. The van der Waals surface area contributed by atoms with Gasteiger partial charge in [-0.2, -0.15) is 0 Å². The summed E-state index contributed by atoms with van der Waals surface area (Å²) in [6.45, 7) is 15.7. The monoisotopic (exact) mass is 498 g/mol. The van der Waals surface area contributed by atoms with E-state index in [1.807, 2.05) is 0 Å². The summed E-state index contributed by atoms with van der Waals surface area (Å²) in [7, 11) is 0. The Morgan fingerprint density at radius 3 is 2.37 bits per heavy atom. The van der Waals surface area contributed by atoms with Crippen molar-refractivity contribution in [2.45, 2.75) is 52.9 Å². The minimum absolute atomic E-state index is 0. The summed E-state index contributed by atoms with van der Waals surface area (Å²) >= 11 is 0. The predicted octanol–water partition coefficient (Wildman–Crippen LogP) is 3.11. The number of guanidine groups is 1. The van der Waals surface area contributed by atoms with Gasteiger partial charge in [-0.15, -0.1) is 24.0 Å². The smallest absolute Gasteiger partial charge is 0.191 e. The van der Waals surface area contributed by atoms with E-state index in [1.54, 1.807) is 0 Å². The molecule has 0 unspecified atom stereocenters. The first kappa shape index (κ1) is 26.9. The van der Waals surface area contributed by atoms with Gasteiger partial charge in [0.05, 0.1) is 19.8 Å². The van der Waals surface area contributed by atoms with Crippen LogP contribution in [0.5, 0.6) is 0 Å². The van der Waals surface area contributed by atoms with Gasteiger partial charge in [-0.3, -0.25) is 4.99 Å². The van der Waals surface area contributed by atoms with E-state index in [9.17, 15) is 0 Å². The number of nitrogens with one attached hydrogen (secondary N) is 2. The Balaban J connectivity index is 0.00000676. The van der Waals surface area contributed by atoms with Gasteiger partial charge in [0.15, 0.2) is 5.96 Å². The van der Waals surface area contributed by atoms with Crippen LogP contribution in [0.1, 0.15) is 52.9 Å². The third kappa shape index (κ3) is 15.5. The molecule has 0 spiro atoms. The summed E-state index contributed by atoms with van der Waals surface area (Å²) < 4.78 is 11.1. The van der Waals surface area contributed by atoms with Crippen molar-refractivity contribution in [2.75, 3.05) is 65.7 Å². The molecule has 0 aromatic carbocycles. The highest BCUT2D eigenvalue weighted by Gasteiger charge is 2.14. The molecule has 1 fully saturated rings. The van der Waals surface area contributed by atoms with Gasteiger partial charge in [0, 0.05) is 26.2 Å². The fraction of sp³-hybridized carbons (Fsp3) is 0.950. The quantitative estimate of drug-likeness (QED) is 0.167. The molecule has 2 N–H and O–H groups in total. The van der Waals surface area contributed by atoms with Crippen LogP contribution in [0.4, 0.5) is 0 Å². The molecule has 1 saturated heterocycles. The number of aliphatic imine (C=N–C) groups is 1. The Morgan fingerprint density at radius 1 is 1.00 bits per heavy atom. The molecular formula is C20H43IN4O2. The van der Waals surface area contributed by atoms with Crippen molar-refractivity contribution >= 4 is 29.9 Å². The lowest BCUT2D eigenvalue weighted by atomic mass is 9.99. The molecule has 0 aliphatic carbocycles. The topological polar surface area (TPSA) is 58.1 Å². The first-order valence-corrected chi connectivity index (χ1v) is 10.7. The molecule has 0 bridgehead atoms. The normalized spacial score (nSPS) is 16.2. The summed E-state index contributed by atoms with van der Waals surface area (Å²) in [5, 5.41) is 6.63. The number of hydrogen-bond donors (Lipinski definition) is 2. The van der Waals surface area contributed by atoms with Crippen molar-refractivity contribution in [1.82, 2.24) is 15.5 Å². The number of halogens is 1. The number of unbranched alkanes of at least 4 members (excludes halogenated alkanes) is 1. The molecule has 6 nitrogen and oxygen atoms in total. The largest absolute Gasteiger partial charge is 0.379 e. The molecule has 1 heterocycles. The highest BCUT2D eigenvalue weighted by atomic mass is 127. The van der Waals surface area contributed by atoms with E-state index in [2.05, 4.69) is 41.3 Å². The van der Waals surface area contributed by atoms with Gasteiger partial charge in [0.25, 0.3) is 0 Å². The zero-order valence-corrected chi connectivity index (χ0v) is 20.1. The first-order valence-electron chi connectivity index (χ1n) is 10.7. The maximum atomic E-state index is 5.58. The maximum absolute atomic E-state index is 5.58. The van der Waals surface area contributed by atoms with Crippen molar-refractivity contribution in [3.63, 3.8) is 0 Å². The fourth-order valence-corrected chi connectivity index (χ4v) is 2.92. The van der Waals surface area contributed by atoms with E-state index in [0.29, 0.717) is 19.8 Å². The highest BCUT2D eigenvalue weighted by molar-refractivity contribution is 14.0.